The van der Waals surface area contributed by atoms with Crippen molar-refractivity contribution in [2.45, 2.75) is 27.2 Å². The standard InChI is InChI=1S/C26H26N4O3/c1-16-12-17(2)15-29(14-16)24-23(20-6-8-21(9-7-20)28-18(3)31)25(32)30(26(24)33)22-10-4-19(13-27)5-11-22/h4-11,16-17H,12,14-15H2,1-3H3,(H,28,31). The summed E-state index contributed by atoms with van der Waals surface area (Å²) < 4.78 is 0. The van der Waals surface area contributed by atoms with Gasteiger partial charge in [-0.25, -0.2) is 4.90 Å². The molecule has 0 radical (unpaired) electrons. The number of imide groups is 1. The zero-order valence-electron chi connectivity index (χ0n) is 19.0. The normalized spacial score (nSPS) is 20.8. The Bertz CT molecular complexity index is 1170. The molecule has 1 N–H and O–H groups in total. The fourth-order valence-corrected chi connectivity index (χ4v) is 4.76. The summed E-state index contributed by atoms with van der Waals surface area (Å²) in [5, 5.41) is 11.8. The molecule has 0 aliphatic carbocycles. The van der Waals surface area contributed by atoms with Gasteiger partial charge in [0.25, 0.3) is 11.8 Å². The molecule has 2 aromatic carbocycles. The Morgan fingerprint density at radius 2 is 1.58 bits per heavy atom. The number of hydrogen-bond acceptors (Lipinski definition) is 5. The molecule has 2 heterocycles. The highest BCUT2D eigenvalue weighted by atomic mass is 16.2. The van der Waals surface area contributed by atoms with Crippen LogP contribution in [-0.2, 0) is 14.4 Å². The van der Waals surface area contributed by atoms with E-state index < -0.39 is 5.91 Å². The molecule has 7 nitrogen and oxygen atoms in total. The number of piperidine rings is 1. The number of likely N-dealkylation sites (tertiary alicyclic amines) is 1. The molecule has 1 fully saturated rings. The lowest BCUT2D eigenvalue weighted by molar-refractivity contribution is -0.121. The smallest absolute Gasteiger partial charge is 0.282 e. The van der Waals surface area contributed by atoms with Crippen LogP contribution in [0.3, 0.4) is 0 Å². The number of nitriles is 1. The molecule has 2 unspecified atom stereocenters. The van der Waals surface area contributed by atoms with E-state index in [0.29, 0.717) is 58.7 Å². The number of carbonyl (C=O) groups excluding carboxylic acids is 3. The molecular formula is C26H26N4O3. The fraction of sp³-hybridized carbons (Fsp3) is 0.308. The van der Waals surface area contributed by atoms with E-state index in [1.807, 2.05) is 4.90 Å². The number of carbonyl (C=O) groups is 3. The first-order chi connectivity index (χ1) is 15.8. The predicted octanol–water partition coefficient (Wildman–Crippen LogP) is 3.78. The zero-order valence-corrected chi connectivity index (χ0v) is 19.0. The van der Waals surface area contributed by atoms with Gasteiger partial charge in [-0.2, -0.15) is 5.26 Å². The summed E-state index contributed by atoms with van der Waals surface area (Å²) in [6.07, 6.45) is 1.08. The molecule has 168 valence electrons. The predicted molar refractivity (Wildman–Crippen MR) is 126 cm³/mol. The summed E-state index contributed by atoms with van der Waals surface area (Å²) in [4.78, 5) is 41.9. The Balaban J connectivity index is 1.78. The fourth-order valence-electron chi connectivity index (χ4n) is 4.76. The van der Waals surface area contributed by atoms with Gasteiger partial charge in [-0.05, 0) is 60.2 Å². The number of nitrogens with zero attached hydrogens (tertiary/aromatic N) is 3. The first kappa shape index (κ1) is 22.3. The molecule has 3 amide bonds. The van der Waals surface area contributed by atoms with E-state index in [0.717, 1.165) is 6.42 Å². The number of amides is 3. The van der Waals surface area contributed by atoms with E-state index in [4.69, 9.17) is 5.26 Å². The minimum atomic E-state index is -0.391. The number of nitrogens with one attached hydrogen (secondary N) is 1. The van der Waals surface area contributed by atoms with E-state index >= 15 is 0 Å². The lowest BCUT2D eigenvalue weighted by Crippen LogP contribution is -2.42. The second-order valence-electron chi connectivity index (χ2n) is 8.94. The molecule has 0 spiro atoms. The second-order valence-corrected chi connectivity index (χ2v) is 8.94. The maximum absolute atomic E-state index is 13.7. The van der Waals surface area contributed by atoms with E-state index in [-0.39, 0.29) is 11.8 Å². The van der Waals surface area contributed by atoms with Gasteiger partial charge in [0.1, 0.15) is 5.70 Å². The zero-order chi connectivity index (χ0) is 23.7. The highest BCUT2D eigenvalue weighted by Gasteiger charge is 2.43. The molecule has 7 heteroatoms. The SMILES string of the molecule is CC(=O)Nc1ccc(C2=C(N3CC(C)CC(C)C3)C(=O)N(c3ccc(C#N)cc3)C2=O)cc1. The third-order valence-electron chi connectivity index (χ3n) is 5.99. The van der Waals surface area contributed by atoms with Crippen molar-refractivity contribution in [3.63, 3.8) is 0 Å². The number of hydrogen-bond donors (Lipinski definition) is 1. The lowest BCUT2D eigenvalue weighted by Gasteiger charge is -2.37. The van der Waals surface area contributed by atoms with Gasteiger partial charge in [-0.15, -0.1) is 0 Å². The average Bonchev–Trinajstić information content (AvgIpc) is 3.03. The molecule has 1 saturated heterocycles. The van der Waals surface area contributed by atoms with Crippen LogP contribution < -0.4 is 10.2 Å². The monoisotopic (exact) mass is 442 g/mol. The number of rotatable bonds is 4. The third kappa shape index (κ3) is 4.37. The van der Waals surface area contributed by atoms with Crippen LogP contribution in [-0.4, -0.2) is 35.7 Å². The first-order valence-electron chi connectivity index (χ1n) is 11.0. The molecule has 4 rings (SSSR count). The van der Waals surface area contributed by atoms with Gasteiger partial charge in [0, 0.05) is 25.7 Å². The van der Waals surface area contributed by atoms with Crippen LogP contribution in [0, 0.1) is 23.2 Å². The molecule has 2 atom stereocenters. The highest BCUT2D eigenvalue weighted by Crippen LogP contribution is 2.37. The van der Waals surface area contributed by atoms with E-state index in [2.05, 4.69) is 25.2 Å². The second kappa shape index (κ2) is 8.91. The van der Waals surface area contributed by atoms with Crippen LogP contribution >= 0.6 is 0 Å². The van der Waals surface area contributed by atoms with E-state index in [1.54, 1.807) is 48.5 Å². The van der Waals surface area contributed by atoms with Gasteiger partial charge in [0.2, 0.25) is 5.91 Å². The first-order valence-corrected chi connectivity index (χ1v) is 11.0. The highest BCUT2D eigenvalue weighted by molar-refractivity contribution is 6.45. The van der Waals surface area contributed by atoms with Crippen LogP contribution in [0.5, 0.6) is 0 Å². The maximum Gasteiger partial charge on any atom is 0.282 e. The van der Waals surface area contributed by atoms with Crippen LogP contribution in [0.4, 0.5) is 11.4 Å². The number of benzene rings is 2. The lowest BCUT2D eigenvalue weighted by atomic mass is 9.91. The van der Waals surface area contributed by atoms with Gasteiger partial charge < -0.3 is 10.2 Å². The number of anilines is 2. The van der Waals surface area contributed by atoms with Crippen molar-refractivity contribution in [3.05, 3.63) is 65.4 Å². The third-order valence-corrected chi connectivity index (χ3v) is 5.99. The summed E-state index contributed by atoms with van der Waals surface area (Å²) in [6, 6.07) is 15.5. The largest absolute Gasteiger partial charge is 0.366 e. The maximum atomic E-state index is 13.7. The van der Waals surface area contributed by atoms with Crippen LogP contribution in [0.15, 0.2) is 54.2 Å². The molecule has 2 aromatic rings. The van der Waals surface area contributed by atoms with Crippen LogP contribution in [0.1, 0.15) is 38.3 Å². The Labute approximate surface area is 193 Å². The van der Waals surface area contributed by atoms with Crippen LogP contribution in [0.2, 0.25) is 0 Å². The van der Waals surface area contributed by atoms with Crippen LogP contribution in [0.25, 0.3) is 5.57 Å². The topological polar surface area (TPSA) is 93.5 Å². The van der Waals surface area contributed by atoms with Crippen molar-refractivity contribution < 1.29 is 14.4 Å². The minimum Gasteiger partial charge on any atom is -0.366 e. The molecular weight excluding hydrogens is 416 g/mol. The van der Waals surface area contributed by atoms with E-state index in [9.17, 15) is 14.4 Å². The van der Waals surface area contributed by atoms with Crippen molar-refractivity contribution >= 4 is 34.7 Å². The Morgan fingerprint density at radius 1 is 0.970 bits per heavy atom. The van der Waals surface area contributed by atoms with Gasteiger partial charge in [-0.1, -0.05) is 26.0 Å². The van der Waals surface area contributed by atoms with Crippen molar-refractivity contribution in [2.75, 3.05) is 23.3 Å². The van der Waals surface area contributed by atoms with Gasteiger partial charge in [0.05, 0.1) is 22.9 Å². The van der Waals surface area contributed by atoms with Gasteiger partial charge in [-0.3, -0.25) is 14.4 Å². The Morgan fingerprint density at radius 3 is 2.12 bits per heavy atom. The molecule has 2 aliphatic heterocycles. The van der Waals surface area contributed by atoms with E-state index in [1.165, 1.54) is 11.8 Å². The van der Waals surface area contributed by atoms with Crippen molar-refractivity contribution in [1.29, 1.82) is 5.26 Å². The molecule has 0 saturated carbocycles. The molecule has 2 aliphatic rings. The van der Waals surface area contributed by atoms with Crippen molar-refractivity contribution in [1.82, 2.24) is 4.90 Å². The average molecular weight is 443 g/mol. The Hall–Kier alpha value is -3.92. The van der Waals surface area contributed by atoms with Gasteiger partial charge in [0.15, 0.2) is 0 Å². The minimum absolute atomic E-state index is 0.182. The summed E-state index contributed by atoms with van der Waals surface area (Å²) in [5.74, 6) is -0.129. The summed E-state index contributed by atoms with van der Waals surface area (Å²) >= 11 is 0. The molecule has 33 heavy (non-hydrogen) atoms. The Kier molecular flexibility index (Phi) is 6.01. The summed E-state index contributed by atoms with van der Waals surface area (Å²) in [5.41, 5.74) is 2.91. The summed E-state index contributed by atoms with van der Waals surface area (Å²) in [7, 11) is 0. The molecule has 0 bridgehead atoms. The van der Waals surface area contributed by atoms with Crippen molar-refractivity contribution in [3.8, 4) is 6.07 Å². The van der Waals surface area contributed by atoms with Gasteiger partial charge >= 0.3 is 0 Å². The summed E-state index contributed by atoms with van der Waals surface area (Å²) in [6.45, 7) is 7.15. The quantitative estimate of drug-likeness (QED) is 0.728. The van der Waals surface area contributed by atoms with Crippen molar-refractivity contribution in [2.24, 2.45) is 11.8 Å². The molecule has 0 aromatic heterocycles.